The third kappa shape index (κ3) is 5.16. The van der Waals surface area contributed by atoms with Crippen molar-refractivity contribution in [3.8, 4) is 0 Å². The number of hydrogen-bond acceptors (Lipinski definition) is 4. The summed E-state index contributed by atoms with van der Waals surface area (Å²) in [5.74, 6) is 0.793. The Bertz CT molecular complexity index is 1010. The van der Waals surface area contributed by atoms with Gasteiger partial charge in [-0.2, -0.15) is 5.10 Å². The van der Waals surface area contributed by atoms with E-state index in [1.165, 1.54) is 37.1 Å². The predicted molar refractivity (Wildman–Crippen MR) is 127 cm³/mol. The highest BCUT2D eigenvalue weighted by atomic mass is 15.2. The average Bonchev–Trinajstić information content (AvgIpc) is 3.24. The number of pyridine rings is 2. The summed E-state index contributed by atoms with van der Waals surface area (Å²) in [5.41, 5.74) is 6.62. The van der Waals surface area contributed by atoms with Gasteiger partial charge < -0.3 is 10.2 Å². The molecule has 0 unspecified atom stereocenters. The molecular weight excluding hydrogens is 370 g/mol. The molecule has 1 aliphatic heterocycles. The molecule has 0 bridgehead atoms. The van der Waals surface area contributed by atoms with Gasteiger partial charge in [-0.25, -0.2) is 4.52 Å². The van der Waals surface area contributed by atoms with Crippen molar-refractivity contribution in [2.75, 3.05) is 32.5 Å². The lowest BCUT2D eigenvalue weighted by Crippen LogP contribution is -2.29. The van der Waals surface area contributed by atoms with Gasteiger partial charge in [0.15, 0.2) is 0 Å². The quantitative estimate of drug-likeness (QED) is 0.620. The Morgan fingerprint density at radius 3 is 2.67 bits per heavy atom. The summed E-state index contributed by atoms with van der Waals surface area (Å²) in [6.07, 6.45) is 12.5. The SMILES string of the molecule is C/C=C(/c1ccn2nccc2c1)c1cc(NC)cnc1C.C=CC1CCN(C)CC1. The number of rotatable bonds is 4. The Hall–Kier alpha value is -2.92. The van der Waals surface area contributed by atoms with E-state index in [1.807, 2.05) is 43.1 Å². The van der Waals surface area contributed by atoms with Crippen LogP contribution in [0.5, 0.6) is 0 Å². The number of aryl methyl sites for hydroxylation is 1. The van der Waals surface area contributed by atoms with Crippen molar-refractivity contribution in [3.63, 3.8) is 0 Å². The second kappa shape index (κ2) is 10.2. The molecular formula is C25H33N5. The van der Waals surface area contributed by atoms with Gasteiger partial charge >= 0.3 is 0 Å². The molecule has 1 aliphatic rings. The normalized spacial score (nSPS) is 15.5. The lowest BCUT2D eigenvalue weighted by Gasteiger charge is -2.26. The van der Waals surface area contributed by atoms with E-state index in [0.717, 1.165) is 28.4 Å². The topological polar surface area (TPSA) is 45.5 Å². The van der Waals surface area contributed by atoms with Crippen LogP contribution in [0.15, 0.2) is 61.6 Å². The smallest absolute Gasteiger partial charge is 0.0667 e. The second-order valence-electron chi connectivity index (χ2n) is 7.80. The van der Waals surface area contributed by atoms with E-state index in [2.05, 4.69) is 71.2 Å². The highest BCUT2D eigenvalue weighted by Crippen LogP contribution is 2.28. The van der Waals surface area contributed by atoms with E-state index in [-0.39, 0.29) is 0 Å². The van der Waals surface area contributed by atoms with Crippen molar-refractivity contribution in [1.29, 1.82) is 0 Å². The molecule has 3 aromatic rings. The van der Waals surface area contributed by atoms with E-state index in [4.69, 9.17) is 0 Å². The molecule has 5 heteroatoms. The van der Waals surface area contributed by atoms with Crippen molar-refractivity contribution in [2.24, 2.45) is 5.92 Å². The van der Waals surface area contributed by atoms with Crippen molar-refractivity contribution in [2.45, 2.75) is 26.7 Å². The molecule has 0 amide bonds. The molecule has 4 heterocycles. The van der Waals surface area contributed by atoms with Gasteiger partial charge in [-0.3, -0.25) is 4.98 Å². The predicted octanol–water partition coefficient (Wildman–Crippen LogP) is 5.05. The number of hydrogen-bond donors (Lipinski definition) is 1. The Morgan fingerprint density at radius 1 is 1.23 bits per heavy atom. The molecule has 0 aromatic carbocycles. The van der Waals surface area contributed by atoms with E-state index in [1.54, 1.807) is 0 Å². The number of fused-ring (bicyclic) bond motifs is 1. The molecule has 158 valence electrons. The first kappa shape index (κ1) is 21.8. The number of allylic oxidation sites excluding steroid dienone is 2. The van der Waals surface area contributed by atoms with E-state index < -0.39 is 0 Å². The van der Waals surface area contributed by atoms with Crippen LogP contribution in [0.1, 0.15) is 36.6 Å². The molecule has 30 heavy (non-hydrogen) atoms. The molecule has 4 rings (SSSR count). The fourth-order valence-corrected chi connectivity index (χ4v) is 3.77. The van der Waals surface area contributed by atoms with Crippen molar-refractivity contribution in [3.05, 3.63) is 78.4 Å². The Labute approximate surface area is 180 Å². The summed E-state index contributed by atoms with van der Waals surface area (Å²) in [5, 5.41) is 7.38. The van der Waals surface area contributed by atoms with Crippen molar-refractivity contribution >= 4 is 16.8 Å². The second-order valence-corrected chi connectivity index (χ2v) is 7.80. The Kier molecular flexibility index (Phi) is 7.41. The zero-order valence-electron chi connectivity index (χ0n) is 18.6. The van der Waals surface area contributed by atoms with Gasteiger partial charge in [0, 0.05) is 30.7 Å². The van der Waals surface area contributed by atoms with Crippen molar-refractivity contribution in [1.82, 2.24) is 19.5 Å². The molecule has 1 N–H and O–H groups in total. The van der Waals surface area contributed by atoms with Gasteiger partial charge in [0.25, 0.3) is 0 Å². The van der Waals surface area contributed by atoms with Crippen LogP contribution in [0.2, 0.25) is 0 Å². The standard InChI is InChI=1S/C17H18N4.C8H15N/c1-4-16(17-10-14(18-3)11-19-12(17)2)13-6-8-21-15(9-13)5-7-20-21;1-3-8-4-6-9(2)7-5-8/h4-11,18H,1-3H3;3,8H,1,4-7H2,2H3/b16-4-;. The number of piperidine rings is 1. The molecule has 0 aliphatic carbocycles. The lowest BCUT2D eigenvalue weighted by atomic mass is 9.97. The van der Waals surface area contributed by atoms with Gasteiger partial charge in [-0.05, 0) is 88.1 Å². The van der Waals surface area contributed by atoms with Crippen molar-refractivity contribution < 1.29 is 0 Å². The summed E-state index contributed by atoms with van der Waals surface area (Å²) >= 11 is 0. The molecule has 1 saturated heterocycles. The van der Waals surface area contributed by atoms with Crippen LogP contribution in [0, 0.1) is 12.8 Å². The van der Waals surface area contributed by atoms with Crippen LogP contribution >= 0.6 is 0 Å². The van der Waals surface area contributed by atoms with Crippen LogP contribution in [0.4, 0.5) is 5.69 Å². The third-order valence-corrected chi connectivity index (χ3v) is 5.76. The maximum Gasteiger partial charge on any atom is 0.0667 e. The zero-order valence-corrected chi connectivity index (χ0v) is 18.6. The number of aromatic nitrogens is 3. The molecule has 3 aromatic heterocycles. The zero-order chi connectivity index (χ0) is 21.5. The van der Waals surface area contributed by atoms with E-state index >= 15 is 0 Å². The average molecular weight is 404 g/mol. The molecule has 0 spiro atoms. The Morgan fingerprint density at radius 2 is 2.00 bits per heavy atom. The van der Waals surface area contributed by atoms with E-state index in [0.29, 0.717) is 0 Å². The number of anilines is 1. The summed E-state index contributed by atoms with van der Waals surface area (Å²) in [6, 6.07) is 8.37. The largest absolute Gasteiger partial charge is 0.387 e. The molecule has 0 radical (unpaired) electrons. The van der Waals surface area contributed by atoms with Crippen LogP contribution in [0.3, 0.4) is 0 Å². The van der Waals surface area contributed by atoms with Gasteiger partial charge in [0.1, 0.15) is 0 Å². The van der Waals surface area contributed by atoms with Gasteiger partial charge in [0.05, 0.1) is 17.4 Å². The third-order valence-electron chi connectivity index (χ3n) is 5.76. The molecule has 0 saturated carbocycles. The first-order chi connectivity index (χ1) is 14.5. The van der Waals surface area contributed by atoms with Crippen LogP contribution < -0.4 is 5.32 Å². The first-order valence-corrected chi connectivity index (χ1v) is 10.6. The summed E-state index contributed by atoms with van der Waals surface area (Å²) in [4.78, 5) is 6.85. The Balaban J connectivity index is 0.000000239. The highest BCUT2D eigenvalue weighted by Gasteiger charge is 2.12. The van der Waals surface area contributed by atoms with Crippen LogP contribution in [-0.4, -0.2) is 46.7 Å². The number of nitrogens with one attached hydrogen (secondary N) is 1. The van der Waals surface area contributed by atoms with Gasteiger partial charge in [-0.1, -0.05) is 12.2 Å². The minimum absolute atomic E-state index is 0.793. The monoisotopic (exact) mass is 403 g/mol. The summed E-state index contributed by atoms with van der Waals surface area (Å²) in [7, 11) is 4.09. The number of likely N-dealkylation sites (tertiary alicyclic amines) is 1. The molecule has 5 nitrogen and oxygen atoms in total. The molecule has 1 fully saturated rings. The minimum Gasteiger partial charge on any atom is -0.387 e. The van der Waals surface area contributed by atoms with Crippen LogP contribution in [-0.2, 0) is 0 Å². The lowest BCUT2D eigenvalue weighted by molar-refractivity contribution is 0.244. The summed E-state index contributed by atoms with van der Waals surface area (Å²) < 4.78 is 1.87. The van der Waals surface area contributed by atoms with Gasteiger partial charge in [0.2, 0.25) is 0 Å². The first-order valence-electron chi connectivity index (χ1n) is 10.6. The minimum atomic E-state index is 0.793. The fourth-order valence-electron chi connectivity index (χ4n) is 3.77. The molecule has 0 atom stereocenters. The highest BCUT2D eigenvalue weighted by molar-refractivity contribution is 5.83. The number of nitrogens with zero attached hydrogens (tertiary/aromatic N) is 4. The van der Waals surface area contributed by atoms with Gasteiger partial charge in [-0.15, -0.1) is 6.58 Å². The van der Waals surface area contributed by atoms with E-state index in [9.17, 15) is 0 Å². The summed E-state index contributed by atoms with van der Waals surface area (Å²) in [6.45, 7) is 10.4. The maximum absolute atomic E-state index is 4.48. The maximum atomic E-state index is 4.48. The van der Waals surface area contributed by atoms with Crippen LogP contribution in [0.25, 0.3) is 11.1 Å². The fraction of sp³-hybridized carbons (Fsp3) is 0.360.